The summed E-state index contributed by atoms with van der Waals surface area (Å²) in [7, 11) is 2.06. The number of hydrogen-bond donors (Lipinski definition) is 0. The highest BCUT2D eigenvalue weighted by molar-refractivity contribution is 5.70. The van der Waals surface area contributed by atoms with E-state index >= 15 is 0 Å². The maximum absolute atomic E-state index is 2.67. The minimum Gasteiger partial charge on any atom is -1.00 e. The van der Waals surface area contributed by atoms with Gasteiger partial charge in [0.15, 0.2) is 12.4 Å². The van der Waals surface area contributed by atoms with Crippen LogP contribution in [-0.4, -0.2) is 13.1 Å². The lowest BCUT2D eigenvalue weighted by atomic mass is 10.1. The summed E-state index contributed by atoms with van der Waals surface area (Å²) in [5, 5.41) is 0. The van der Waals surface area contributed by atoms with E-state index in [2.05, 4.69) is 91.3 Å². The fourth-order valence-corrected chi connectivity index (χ4v) is 5.56. The molecule has 0 aliphatic rings. The molecule has 3 heteroatoms. The van der Waals surface area contributed by atoms with E-state index in [9.17, 15) is 0 Å². The Balaban J connectivity index is 0.00000840. The van der Waals surface area contributed by atoms with Crippen LogP contribution in [0.3, 0.4) is 0 Å². The van der Waals surface area contributed by atoms with E-state index in [1.165, 1.54) is 158 Å². The summed E-state index contributed by atoms with van der Waals surface area (Å²) in [5.74, 6) is 0. The number of unbranched alkanes of at least 4 members (excludes halogenated alkanes) is 18. The topological polar surface area (TPSA) is 7.12 Å². The van der Waals surface area contributed by atoms with Crippen LogP contribution < -0.4 is 33.4 Å². The molecule has 0 amide bonds. The summed E-state index contributed by atoms with van der Waals surface area (Å²) in [6, 6.07) is 13.6. The largest absolute Gasteiger partial charge is 1.00 e. The molecule has 232 valence electrons. The van der Waals surface area contributed by atoms with Crippen LogP contribution in [0.4, 0.5) is 5.69 Å². The van der Waals surface area contributed by atoms with Crippen LogP contribution in [0.5, 0.6) is 0 Å². The van der Waals surface area contributed by atoms with Crippen LogP contribution >= 0.6 is 0 Å². The smallest absolute Gasteiger partial charge is 0.169 e. The van der Waals surface area contributed by atoms with Gasteiger partial charge in [-0.1, -0.05) is 154 Å². The van der Waals surface area contributed by atoms with Gasteiger partial charge in [-0.05, 0) is 36.1 Å². The molecule has 0 N–H and O–H groups in total. The molecule has 2 rings (SSSR count). The fourth-order valence-electron chi connectivity index (χ4n) is 5.56. The maximum atomic E-state index is 2.67. The highest BCUT2D eigenvalue weighted by Gasteiger charge is 2.07. The third-order valence-corrected chi connectivity index (χ3v) is 8.29. The molecule has 0 spiro atoms. The molecule has 0 aliphatic carbocycles. The van der Waals surface area contributed by atoms with E-state index in [1.807, 2.05) is 0 Å². The lowest BCUT2D eigenvalue weighted by Gasteiger charge is -2.25. The van der Waals surface area contributed by atoms with Crippen molar-refractivity contribution in [1.82, 2.24) is 0 Å². The van der Waals surface area contributed by atoms with Gasteiger partial charge in [-0.2, -0.15) is 0 Å². The standard InChI is InChI=1S/C38H63N2.HI/c1-4-6-8-10-12-14-16-18-20-22-32-40(33-23-21-19-17-15-13-11-9-7-5-2)38-28-26-36(27-29-38)24-25-37-30-34-39(3)35-31-37;/h24-31,34-35H,4-23,32-33H2,1-3H3;1H/q+1;/p-1. The van der Waals surface area contributed by atoms with Crippen molar-refractivity contribution in [2.24, 2.45) is 7.05 Å². The van der Waals surface area contributed by atoms with Gasteiger partial charge in [0.2, 0.25) is 0 Å². The second-order valence-electron chi connectivity index (χ2n) is 12.1. The van der Waals surface area contributed by atoms with Crippen molar-refractivity contribution in [2.75, 3.05) is 18.0 Å². The Bertz CT molecular complexity index is 835. The van der Waals surface area contributed by atoms with Crippen molar-refractivity contribution in [3.05, 3.63) is 59.9 Å². The summed E-state index contributed by atoms with van der Waals surface area (Å²) in [5.41, 5.74) is 3.91. The lowest BCUT2D eigenvalue weighted by Crippen LogP contribution is -3.00. The SMILES string of the molecule is CCCCCCCCCCCCN(CCCCCCCCCCCC)c1ccc(C=Cc2cc[n+](C)cc2)cc1.[I-]. The Labute approximate surface area is 272 Å². The molecule has 1 heterocycles. The van der Waals surface area contributed by atoms with E-state index in [0.717, 1.165) is 0 Å². The number of aryl methyl sites for hydroxylation is 1. The highest BCUT2D eigenvalue weighted by Crippen LogP contribution is 2.20. The molecule has 41 heavy (non-hydrogen) atoms. The Morgan fingerprint density at radius 3 is 1.22 bits per heavy atom. The van der Waals surface area contributed by atoms with Crippen molar-refractivity contribution < 1.29 is 28.5 Å². The van der Waals surface area contributed by atoms with Crippen LogP contribution in [0.25, 0.3) is 12.2 Å². The second-order valence-corrected chi connectivity index (χ2v) is 12.1. The predicted octanol–water partition coefficient (Wildman–Crippen LogP) is 8.33. The molecule has 1 aromatic heterocycles. The van der Waals surface area contributed by atoms with Crippen molar-refractivity contribution in [2.45, 2.75) is 142 Å². The van der Waals surface area contributed by atoms with Gasteiger partial charge < -0.3 is 28.9 Å². The Hall–Kier alpha value is -1.36. The van der Waals surface area contributed by atoms with Gasteiger partial charge >= 0.3 is 0 Å². The summed E-state index contributed by atoms with van der Waals surface area (Å²) >= 11 is 0. The third-order valence-electron chi connectivity index (χ3n) is 8.29. The molecule has 0 aliphatic heterocycles. The molecule has 2 nitrogen and oxygen atoms in total. The van der Waals surface area contributed by atoms with Gasteiger partial charge in [0.1, 0.15) is 7.05 Å². The number of rotatable bonds is 25. The molecular formula is C38H63IN2. The molecule has 0 fully saturated rings. The number of benzene rings is 1. The molecule has 0 radical (unpaired) electrons. The molecule has 0 unspecified atom stereocenters. The van der Waals surface area contributed by atoms with Gasteiger partial charge in [0.05, 0.1) is 0 Å². The zero-order valence-corrected chi connectivity index (χ0v) is 29.3. The summed E-state index contributed by atoms with van der Waals surface area (Å²) in [6.45, 7) is 7.00. The highest BCUT2D eigenvalue weighted by atomic mass is 127. The number of hydrogen-bond acceptors (Lipinski definition) is 1. The number of anilines is 1. The Kier molecular flexibility index (Phi) is 24.1. The summed E-state index contributed by atoms with van der Waals surface area (Å²) in [4.78, 5) is 2.67. The fraction of sp³-hybridized carbons (Fsp3) is 0.658. The van der Waals surface area contributed by atoms with E-state index in [4.69, 9.17) is 0 Å². The first kappa shape index (κ1) is 37.7. The van der Waals surface area contributed by atoms with E-state index in [1.54, 1.807) is 0 Å². The van der Waals surface area contributed by atoms with E-state index < -0.39 is 0 Å². The molecule has 2 aromatic rings. The monoisotopic (exact) mass is 674 g/mol. The van der Waals surface area contributed by atoms with Crippen LogP contribution in [0.1, 0.15) is 153 Å². The van der Waals surface area contributed by atoms with Crippen molar-refractivity contribution in [1.29, 1.82) is 0 Å². The number of pyridine rings is 1. The zero-order valence-electron chi connectivity index (χ0n) is 27.1. The Morgan fingerprint density at radius 1 is 0.488 bits per heavy atom. The number of aromatic nitrogens is 1. The third kappa shape index (κ3) is 19.5. The minimum absolute atomic E-state index is 0. The average Bonchev–Trinajstić information content (AvgIpc) is 2.98. The van der Waals surface area contributed by atoms with E-state index in [0.29, 0.717) is 0 Å². The average molecular weight is 675 g/mol. The molecule has 0 bridgehead atoms. The van der Waals surface area contributed by atoms with Gasteiger partial charge in [-0.25, -0.2) is 4.57 Å². The summed E-state index contributed by atoms with van der Waals surface area (Å²) < 4.78 is 2.07. The molecular weight excluding hydrogens is 611 g/mol. The molecule has 0 saturated carbocycles. The normalized spacial score (nSPS) is 11.2. The molecule has 0 atom stereocenters. The molecule has 1 aromatic carbocycles. The van der Waals surface area contributed by atoms with Gasteiger partial charge in [-0.3, -0.25) is 0 Å². The Morgan fingerprint density at radius 2 is 0.829 bits per heavy atom. The van der Waals surface area contributed by atoms with Crippen molar-refractivity contribution >= 4 is 17.8 Å². The first-order chi connectivity index (χ1) is 19.7. The van der Waals surface area contributed by atoms with Crippen LogP contribution in [0.15, 0.2) is 48.8 Å². The number of nitrogens with zero attached hydrogens (tertiary/aromatic N) is 2. The zero-order chi connectivity index (χ0) is 28.5. The first-order valence-electron chi connectivity index (χ1n) is 17.2. The predicted molar refractivity (Wildman–Crippen MR) is 179 cm³/mol. The molecule has 0 saturated heterocycles. The van der Waals surface area contributed by atoms with Crippen LogP contribution in [-0.2, 0) is 7.05 Å². The quantitative estimate of drug-likeness (QED) is 0.0584. The summed E-state index contributed by atoms with van der Waals surface area (Å²) in [6.07, 6.45) is 36.7. The van der Waals surface area contributed by atoms with Crippen molar-refractivity contribution in [3.8, 4) is 0 Å². The van der Waals surface area contributed by atoms with Gasteiger partial charge in [-0.15, -0.1) is 0 Å². The van der Waals surface area contributed by atoms with Gasteiger partial charge in [0.25, 0.3) is 0 Å². The van der Waals surface area contributed by atoms with Crippen molar-refractivity contribution in [3.63, 3.8) is 0 Å². The van der Waals surface area contributed by atoms with E-state index in [-0.39, 0.29) is 24.0 Å². The maximum Gasteiger partial charge on any atom is 0.169 e. The van der Waals surface area contributed by atoms with Gasteiger partial charge in [0, 0.05) is 30.9 Å². The minimum atomic E-state index is 0. The van der Waals surface area contributed by atoms with Crippen LogP contribution in [0, 0.1) is 0 Å². The van der Waals surface area contributed by atoms with Crippen LogP contribution in [0.2, 0.25) is 0 Å². The second kappa shape index (κ2) is 26.3. The first-order valence-corrected chi connectivity index (χ1v) is 17.2. The number of halogens is 1. The lowest BCUT2D eigenvalue weighted by molar-refractivity contribution is -0.671.